The number of carbonyl (C=O) groups is 1. The number of esters is 1. The van der Waals surface area contributed by atoms with Gasteiger partial charge in [-0.3, -0.25) is 0 Å². The van der Waals surface area contributed by atoms with Crippen molar-refractivity contribution >= 4 is 5.97 Å². The molecule has 0 rings (SSSR count). The predicted molar refractivity (Wildman–Crippen MR) is 56.9 cm³/mol. The maximum absolute atomic E-state index is 10.7. The molecule has 0 bridgehead atoms. The van der Waals surface area contributed by atoms with Crippen molar-refractivity contribution in [3.63, 3.8) is 0 Å². The Kier molecular flexibility index (Phi) is 6.84. The summed E-state index contributed by atoms with van der Waals surface area (Å²) < 4.78 is 4.44. The molecule has 0 radical (unpaired) electrons. The largest absolute Gasteiger partial charge is 0.466 e. The van der Waals surface area contributed by atoms with Crippen LogP contribution in [0.1, 0.15) is 13.8 Å². The van der Waals surface area contributed by atoms with Gasteiger partial charge >= 0.3 is 5.97 Å². The molecule has 0 atom stereocenters. The van der Waals surface area contributed by atoms with Crippen LogP contribution >= 0.6 is 0 Å². The smallest absolute Gasteiger partial charge is 0.331 e. The van der Waals surface area contributed by atoms with Gasteiger partial charge in [-0.15, -0.1) is 0 Å². The second-order valence-electron chi connectivity index (χ2n) is 3.38. The monoisotopic (exact) mass is 200 g/mol. The molecule has 14 heavy (non-hydrogen) atoms. The molecule has 0 fully saturated rings. The van der Waals surface area contributed by atoms with Gasteiger partial charge in [0, 0.05) is 31.4 Å². The lowest BCUT2D eigenvalue weighted by atomic mass is 10.3. The van der Waals surface area contributed by atoms with E-state index in [1.165, 1.54) is 13.2 Å². The van der Waals surface area contributed by atoms with Crippen molar-refractivity contribution in [1.82, 2.24) is 10.2 Å². The van der Waals surface area contributed by atoms with Gasteiger partial charge in [-0.1, -0.05) is 0 Å². The van der Waals surface area contributed by atoms with Crippen LogP contribution in [0.4, 0.5) is 0 Å². The summed E-state index contributed by atoms with van der Waals surface area (Å²) in [5.74, 6) is -0.338. The molecule has 0 unspecified atom stereocenters. The number of hydrogen-bond acceptors (Lipinski definition) is 4. The molecule has 0 spiro atoms. The summed E-state index contributed by atoms with van der Waals surface area (Å²) in [7, 11) is 3.43. The number of nitrogens with zero attached hydrogens (tertiary/aromatic N) is 1. The highest BCUT2D eigenvalue weighted by molar-refractivity contribution is 5.81. The average molecular weight is 200 g/mol. The molecule has 4 nitrogen and oxygen atoms in total. The fraction of sp³-hybridized carbons (Fsp3) is 0.700. The van der Waals surface area contributed by atoms with E-state index in [-0.39, 0.29) is 5.97 Å². The van der Waals surface area contributed by atoms with Gasteiger partial charge in [-0.05, 0) is 20.9 Å². The average Bonchev–Trinajstić information content (AvgIpc) is 2.16. The summed E-state index contributed by atoms with van der Waals surface area (Å²) in [6, 6.07) is 0.543. The molecule has 0 heterocycles. The molecular formula is C10H20N2O2. The van der Waals surface area contributed by atoms with Crippen molar-refractivity contribution in [3.05, 3.63) is 12.3 Å². The highest BCUT2D eigenvalue weighted by Crippen LogP contribution is 1.90. The van der Waals surface area contributed by atoms with E-state index < -0.39 is 0 Å². The van der Waals surface area contributed by atoms with Crippen LogP contribution in [0, 0.1) is 0 Å². The SMILES string of the molecule is COC(=O)/C=C/NCCN(C)C(C)C. The first kappa shape index (κ1) is 13.0. The Bertz CT molecular complexity index is 191. The van der Waals surface area contributed by atoms with E-state index in [0.717, 1.165) is 13.1 Å². The summed E-state index contributed by atoms with van der Waals surface area (Å²) >= 11 is 0. The van der Waals surface area contributed by atoms with Crippen LogP contribution in [0.2, 0.25) is 0 Å². The predicted octanol–water partition coefficient (Wildman–Crippen LogP) is 0.603. The number of carbonyl (C=O) groups excluding carboxylic acids is 1. The molecule has 0 aromatic heterocycles. The molecule has 0 aromatic rings. The van der Waals surface area contributed by atoms with E-state index >= 15 is 0 Å². The number of methoxy groups -OCH3 is 1. The Hall–Kier alpha value is -1.03. The van der Waals surface area contributed by atoms with Crippen LogP contribution in [-0.4, -0.2) is 44.2 Å². The Morgan fingerprint density at radius 2 is 2.21 bits per heavy atom. The van der Waals surface area contributed by atoms with Crippen molar-refractivity contribution in [2.75, 3.05) is 27.2 Å². The first-order chi connectivity index (χ1) is 6.57. The molecule has 0 aliphatic heterocycles. The van der Waals surface area contributed by atoms with E-state index in [4.69, 9.17) is 0 Å². The summed E-state index contributed by atoms with van der Waals surface area (Å²) in [5.41, 5.74) is 0. The standard InChI is InChI=1S/C10H20N2O2/c1-9(2)12(3)8-7-11-6-5-10(13)14-4/h5-6,9,11H,7-8H2,1-4H3/b6-5+. The number of rotatable bonds is 6. The van der Waals surface area contributed by atoms with Crippen molar-refractivity contribution < 1.29 is 9.53 Å². The molecule has 0 aliphatic rings. The fourth-order valence-corrected chi connectivity index (χ4v) is 0.777. The Morgan fingerprint density at radius 1 is 1.57 bits per heavy atom. The number of hydrogen-bond donors (Lipinski definition) is 1. The molecular weight excluding hydrogens is 180 g/mol. The van der Waals surface area contributed by atoms with Crippen molar-refractivity contribution in [3.8, 4) is 0 Å². The van der Waals surface area contributed by atoms with Gasteiger partial charge in [-0.25, -0.2) is 4.79 Å². The Labute approximate surface area is 85.9 Å². The Balaban J connectivity index is 3.46. The molecule has 1 N–H and O–H groups in total. The normalized spacial score (nSPS) is 11.3. The zero-order chi connectivity index (χ0) is 11.0. The van der Waals surface area contributed by atoms with Crippen LogP contribution in [-0.2, 0) is 9.53 Å². The van der Waals surface area contributed by atoms with E-state index in [0.29, 0.717) is 6.04 Å². The lowest BCUT2D eigenvalue weighted by Crippen LogP contribution is -2.32. The van der Waals surface area contributed by atoms with E-state index in [9.17, 15) is 4.79 Å². The lowest BCUT2D eigenvalue weighted by Gasteiger charge is -2.20. The maximum atomic E-state index is 10.7. The van der Waals surface area contributed by atoms with Crippen LogP contribution in [0.3, 0.4) is 0 Å². The minimum Gasteiger partial charge on any atom is -0.466 e. The van der Waals surface area contributed by atoms with Crippen molar-refractivity contribution in [1.29, 1.82) is 0 Å². The van der Waals surface area contributed by atoms with Crippen LogP contribution in [0.25, 0.3) is 0 Å². The summed E-state index contributed by atoms with van der Waals surface area (Å²) in [4.78, 5) is 12.9. The fourth-order valence-electron chi connectivity index (χ4n) is 0.777. The third-order valence-corrected chi connectivity index (χ3v) is 2.03. The van der Waals surface area contributed by atoms with Gasteiger partial charge in [0.1, 0.15) is 0 Å². The van der Waals surface area contributed by atoms with Crippen molar-refractivity contribution in [2.45, 2.75) is 19.9 Å². The van der Waals surface area contributed by atoms with Gasteiger partial charge in [0.25, 0.3) is 0 Å². The third-order valence-electron chi connectivity index (χ3n) is 2.03. The minimum atomic E-state index is -0.338. The summed E-state index contributed by atoms with van der Waals surface area (Å²) in [6.07, 6.45) is 2.98. The lowest BCUT2D eigenvalue weighted by molar-refractivity contribution is -0.134. The minimum absolute atomic E-state index is 0.338. The van der Waals surface area contributed by atoms with Gasteiger partial charge in [0.05, 0.1) is 7.11 Å². The van der Waals surface area contributed by atoms with Crippen molar-refractivity contribution in [2.24, 2.45) is 0 Å². The summed E-state index contributed by atoms with van der Waals surface area (Å²) in [5, 5.41) is 3.01. The second kappa shape index (κ2) is 7.38. The van der Waals surface area contributed by atoms with Gasteiger partial charge < -0.3 is 15.0 Å². The number of nitrogens with one attached hydrogen (secondary N) is 1. The molecule has 0 aliphatic carbocycles. The Morgan fingerprint density at radius 3 is 2.71 bits per heavy atom. The first-order valence-corrected chi connectivity index (χ1v) is 4.76. The van der Waals surface area contributed by atoms with Crippen LogP contribution in [0.5, 0.6) is 0 Å². The van der Waals surface area contributed by atoms with Gasteiger partial charge in [-0.2, -0.15) is 0 Å². The summed E-state index contributed by atoms with van der Waals surface area (Å²) in [6.45, 7) is 6.06. The first-order valence-electron chi connectivity index (χ1n) is 4.76. The molecule has 0 saturated carbocycles. The van der Waals surface area contributed by atoms with Gasteiger partial charge in [0.2, 0.25) is 0 Å². The van der Waals surface area contributed by atoms with Gasteiger partial charge in [0.15, 0.2) is 0 Å². The van der Waals surface area contributed by atoms with E-state index in [1.807, 2.05) is 0 Å². The molecule has 82 valence electrons. The zero-order valence-electron chi connectivity index (χ0n) is 9.41. The van der Waals surface area contributed by atoms with Crippen LogP contribution in [0.15, 0.2) is 12.3 Å². The quantitative estimate of drug-likeness (QED) is 0.387. The van der Waals surface area contributed by atoms with Crippen LogP contribution < -0.4 is 5.32 Å². The third kappa shape index (κ3) is 6.48. The maximum Gasteiger partial charge on any atom is 0.331 e. The zero-order valence-corrected chi connectivity index (χ0v) is 9.41. The van der Waals surface area contributed by atoms with E-state index in [2.05, 4.69) is 35.8 Å². The molecule has 4 heteroatoms. The second-order valence-corrected chi connectivity index (χ2v) is 3.38. The highest BCUT2D eigenvalue weighted by atomic mass is 16.5. The molecule has 0 aromatic carbocycles. The molecule has 0 saturated heterocycles. The number of likely N-dealkylation sites (N-methyl/N-ethyl adjacent to an activating group) is 1. The molecule has 0 amide bonds. The topological polar surface area (TPSA) is 41.6 Å². The highest BCUT2D eigenvalue weighted by Gasteiger charge is 2.00. The van der Waals surface area contributed by atoms with E-state index in [1.54, 1.807) is 6.20 Å². The number of ether oxygens (including phenoxy) is 1.